The minimum absolute atomic E-state index is 0.0494. The molecule has 0 unspecified atom stereocenters. The number of amides is 1. The van der Waals surface area contributed by atoms with Crippen LogP contribution in [0.2, 0.25) is 0 Å². The highest BCUT2D eigenvalue weighted by Gasteiger charge is 2.13. The lowest BCUT2D eigenvalue weighted by molar-refractivity contribution is -0.116. The molecule has 5 heteroatoms. The van der Waals surface area contributed by atoms with Crippen molar-refractivity contribution in [2.24, 2.45) is 7.05 Å². The van der Waals surface area contributed by atoms with Crippen molar-refractivity contribution in [3.8, 4) is 0 Å². The lowest BCUT2D eigenvalue weighted by atomic mass is 10.1. The third kappa shape index (κ3) is 4.21. The predicted molar refractivity (Wildman–Crippen MR) is 102 cm³/mol. The van der Waals surface area contributed by atoms with E-state index in [1.54, 1.807) is 0 Å². The monoisotopic (exact) mass is 340 g/mol. The fourth-order valence-corrected chi connectivity index (χ4v) is 3.55. The summed E-state index contributed by atoms with van der Waals surface area (Å²) in [5.41, 5.74) is 5.44. The Morgan fingerprint density at radius 1 is 1.12 bits per heavy atom. The molecule has 0 aliphatic carbocycles. The van der Waals surface area contributed by atoms with E-state index in [0.29, 0.717) is 6.42 Å². The average Bonchev–Trinajstić information content (AvgIpc) is 2.86. The topological polar surface area (TPSA) is 50.2 Å². The molecule has 0 radical (unpaired) electrons. The van der Waals surface area contributed by atoms with Crippen molar-refractivity contribution in [1.29, 1.82) is 0 Å². The van der Waals surface area contributed by atoms with Crippen molar-refractivity contribution in [1.82, 2.24) is 9.78 Å². The van der Waals surface area contributed by atoms with Crippen molar-refractivity contribution in [3.05, 3.63) is 41.2 Å². The minimum atomic E-state index is 0.0494. The van der Waals surface area contributed by atoms with Gasteiger partial charge in [-0.3, -0.25) is 9.48 Å². The van der Waals surface area contributed by atoms with Gasteiger partial charge in [-0.2, -0.15) is 5.10 Å². The summed E-state index contributed by atoms with van der Waals surface area (Å²) < 4.78 is 1.88. The molecule has 0 bridgehead atoms. The van der Waals surface area contributed by atoms with Gasteiger partial charge < -0.3 is 10.2 Å². The molecule has 1 saturated heterocycles. The van der Waals surface area contributed by atoms with E-state index >= 15 is 0 Å². The molecule has 134 valence electrons. The summed E-state index contributed by atoms with van der Waals surface area (Å²) in [6.07, 6.45) is 5.07. The minimum Gasteiger partial charge on any atom is -0.372 e. The molecule has 2 aromatic rings. The molecule has 0 atom stereocenters. The first kappa shape index (κ1) is 17.5. The smallest absolute Gasteiger partial charge is 0.224 e. The summed E-state index contributed by atoms with van der Waals surface area (Å²) in [6, 6.07) is 8.22. The SMILES string of the molecule is Cc1nn(C)c(C)c1CCC(=O)Nc1ccc(N2CCCCC2)cc1. The van der Waals surface area contributed by atoms with Crippen LogP contribution in [0.5, 0.6) is 0 Å². The summed E-state index contributed by atoms with van der Waals surface area (Å²) in [7, 11) is 1.94. The highest BCUT2D eigenvalue weighted by molar-refractivity contribution is 5.91. The molecule has 0 spiro atoms. The molecule has 2 heterocycles. The summed E-state index contributed by atoms with van der Waals surface area (Å²) in [6.45, 7) is 6.32. The van der Waals surface area contributed by atoms with Crippen LogP contribution in [-0.4, -0.2) is 28.8 Å². The third-order valence-electron chi connectivity index (χ3n) is 5.13. The highest BCUT2D eigenvalue weighted by Crippen LogP contribution is 2.22. The first-order valence-corrected chi connectivity index (χ1v) is 9.18. The molecule has 1 aromatic carbocycles. The first-order chi connectivity index (χ1) is 12.0. The molecule has 25 heavy (non-hydrogen) atoms. The van der Waals surface area contributed by atoms with E-state index in [-0.39, 0.29) is 5.91 Å². The van der Waals surface area contributed by atoms with Crippen LogP contribution in [0.15, 0.2) is 24.3 Å². The summed E-state index contributed by atoms with van der Waals surface area (Å²) in [5.74, 6) is 0.0494. The number of nitrogens with zero attached hydrogens (tertiary/aromatic N) is 3. The van der Waals surface area contributed by atoms with Crippen LogP contribution in [0, 0.1) is 13.8 Å². The Bertz CT molecular complexity index is 727. The van der Waals surface area contributed by atoms with Crippen molar-refractivity contribution in [2.75, 3.05) is 23.3 Å². The maximum Gasteiger partial charge on any atom is 0.224 e. The van der Waals surface area contributed by atoms with Gasteiger partial charge in [0.2, 0.25) is 5.91 Å². The molecule has 5 nitrogen and oxygen atoms in total. The summed E-state index contributed by atoms with van der Waals surface area (Å²) in [5, 5.41) is 7.41. The zero-order valence-electron chi connectivity index (χ0n) is 15.5. The number of aryl methyl sites for hydroxylation is 2. The molecule has 1 aliphatic rings. The second-order valence-electron chi connectivity index (χ2n) is 6.92. The largest absolute Gasteiger partial charge is 0.372 e. The Kier molecular flexibility index (Phi) is 5.41. The van der Waals surface area contributed by atoms with Crippen molar-refractivity contribution >= 4 is 17.3 Å². The van der Waals surface area contributed by atoms with Gasteiger partial charge in [-0.15, -0.1) is 0 Å². The van der Waals surface area contributed by atoms with Gasteiger partial charge >= 0.3 is 0 Å². The van der Waals surface area contributed by atoms with Crippen LogP contribution < -0.4 is 10.2 Å². The molecule has 1 amide bonds. The Morgan fingerprint density at radius 3 is 2.40 bits per heavy atom. The van der Waals surface area contributed by atoms with Gasteiger partial charge in [-0.1, -0.05) is 0 Å². The zero-order chi connectivity index (χ0) is 17.8. The molecule has 3 rings (SSSR count). The Hall–Kier alpha value is -2.30. The number of carbonyl (C=O) groups is 1. The predicted octanol–water partition coefficient (Wildman–Crippen LogP) is 3.60. The molecular formula is C20H28N4O. The highest BCUT2D eigenvalue weighted by atomic mass is 16.1. The normalized spacial score (nSPS) is 14.6. The molecule has 1 aromatic heterocycles. The van der Waals surface area contributed by atoms with Crippen LogP contribution in [0.25, 0.3) is 0 Å². The average molecular weight is 340 g/mol. The number of rotatable bonds is 5. The van der Waals surface area contributed by atoms with Crippen molar-refractivity contribution in [2.45, 2.75) is 46.0 Å². The van der Waals surface area contributed by atoms with Gasteiger partial charge in [0.1, 0.15) is 0 Å². The second-order valence-corrected chi connectivity index (χ2v) is 6.92. The Morgan fingerprint density at radius 2 is 1.80 bits per heavy atom. The lowest BCUT2D eigenvalue weighted by Crippen LogP contribution is -2.29. The van der Waals surface area contributed by atoms with Gasteiger partial charge in [0.05, 0.1) is 5.69 Å². The Labute approximate surface area is 150 Å². The maximum atomic E-state index is 12.3. The number of hydrogen-bond donors (Lipinski definition) is 1. The lowest BCUT2D eigenvalue weighted by Gasteiger charge is -2.28. The summed E-state index contributed by atoms with van der Waals surface area (Å²) >= 11 is 0. The summed E-state index contributed by atoms with van der Waals surface area (Å²) in [4.78, 5) is 14.7. The first-order valence-electron chi connectivity index (χ1n) is 9.18. The van der Waals surface area contributed by atoms with E-state index in [2.05, 4.69) is 27.4 Å². The quantitative estimate of drug-likeness (QED) is 0.905. The zero-order valence-corrected chi connectivity index (χ0v) is 15.5. The van der Waals surface area contributed by atoms with Gasteiger partial charge in [0.25, 0.3) is 0 Å². The van der Waals surface area contributed by atoms with Crippen LogP contribution in [-0.2, 0) is 18.3 Å². The number of hydrogen-bond acceptors (Lipinski definition) is 3. The second kappa shape index (κ2) is 7.72. The van der Waals surface area contributed by atoms with Gasteiger partial charge in [0.15, 0.2) is 0 Å². The van der Waals surface area contributed by atoms with Crippen LogP contribution in [0.1, 0.15) is 42.6 Å². The van der Waals surface area contributed by atoms with E-state index in [0.717, 1.165) is 36.6 Å². The molecular weight excluding hydrogens is 312 g/mol. The molecule has 1 N–H and O–H groups in total. The fourth-order valence-electron chi connectivity index (χ4n) is 3.55. The van der Waals surface area contributed by atoms with Crippen LogP contribution in [0.3, 0.4) is 0 Å². The van der Waals surface area contributed by atoms with Gasteiger partial charge in [-0.05, 0) is 69.4 Å². The van der Waals surface area contributed by atoms with E-state index < -0.39 is 0 Å². The number of nitrogens with one attached hydrogen (secondary N) is 1. The number of carbonyl (C=O) groups excluding carboxylic acids is 1. The third-order valence-corrected chi connectivity index (χ3v) is 5.13. The number of aromatic nitrogens is 2. The van der Waals surface area contributed by atoms with Crippen LogP contribution in [0.4, 0.5) is 11.4 Å². The molecule has 1 fully saturated rings. The molecule has 0 saturated carbocycles. The van der Waals surface area contributed by atoms with E-state index in [1.807, 2.05) is 37.7 Å². The Balaban J connectivity index is 1.54. The number of benzene rings is 1. The van der Waals surface area contributed by atoms with E-state index in [4.69, 9.17) is 0 Å². The van der Waals surface area contributed by atoms with Crippen molar-refractivity contribution < 1.29 is 4.79 Å². The number of anilines is 2. The molecule has 1 aliphatic heterocycles. The van der Waals surface area contributed by atoms with Gasteiger partial charge in [0, 0.05) is 43.6 Å². The van der Waals surface area contributed by atoms with Crippen molar-refractivity contribution in [3.63, 3.8) is 0 Å². The van der Waals surface area contributed by atoms with E-state index in [9.17, 15) is 4.79 Å². The fraction of sp³-hybridized carbons (Fsp3) is 0.500. The van der Waals surface area contributed by atoms with Gasteiger partial charge in [-0.25, -0.2) is 0 Å². The van der Waals surface area contributed by atoms with Crippen LogP contribution >= 0.6 is 0 Å². The van der Waals surface area contributed by atoms with E-state index in [1.165, 1.54) is 30.5 Å². The number of piperidine rings is 1. The standard InChI is InChI=1S/C20H28N4O/c1-15-19(16(2)23(3)22-15)11-12-20(25)21-17-7-9-18(10-8-17)24-13-5-4-6-14-24/h7-10H,4-6,11-14H2,1-3H3,(H,21,25). The maximum absolute atomic E-state index is 12.3.